The van der Waals surface area contributed by atoms with Gasteiger partial charge >= 0.3 is 5.97 Å². The summed E-state index contributed by atoms with van der Waals surface area (Å²) < 4.78 is 23.2. The molecular formula is C34H60N8O18. The van der Waals surface area contributed by atoms with Gasteiger partial charge in [-0.05, 0) is 46.6 Å². The minimum atomic E-state index is -1.87. The lowest BCUT2D eigenvalue weighted by molar-refractivity contribution is -0.333. The highest BCUT2D eigenvalue weighted by Gasteiger charge is 2.53. The van der Waals surface area contributed by atoms with Crippen LogP contribution in [0.5, 0.6) is 0 Å². The van der Waals surface area contributed by atoms with E-state index in [2.05, 4.69) is 36.7 Å². The lowest BCUT2D eigenvalue weighted by atomic mass is 9.94. The number of nitrogens with one attached hydrogen (secondary N) is 6. The molecule has 26 nitrogen and oxygen atoms in total. The minimum Gasteiger partial charge on any atom is -0.480 e. The van der Waals surface area contributed by atoms with E-state index in [9.17, 15) is 64.2 Å². The van der Waals surface area contributed by atoms with Gasteiger partial charge in [0, 0.05) is 13.8 Å². The van der Waals surface area contributed by atoms with Crippen molar-refractivity contribution in [2.75, 3.05) is 26.4 Å². The summed E-state index contributed by atoms with van der Waals surface area (Å²) in [5.41, 5.74) is 5.53. The molecule has 60 heavy (non-hydrogen) atoms. The molecule has 0 aromatic carbocycles. The fraction of sp³-hybridized carbons (Fsp3) is 0.794. The molecule has 0 spiro atoms. The number of carbonyl (C=O) groups is 7. The number of carbonyl (C=O) groups excluding carboxylic acids is 6. The van der Waals surface area contributed by atoms with E-state index in [-0.39, 0.29) is 13.0 Å². The predicted octanol–water partition coefficient (Wildman–Crippen LogP) is -7.61. The quantitative estimate of drug-likeness (QED) is 0.0335. The van der Waals surface area contributed by atoms with Crippen molar-refractivity contribution < 1.29 is 88.0 Å². The standard InChI is InChI=1S/C34H60N8O18/c1-13(28(49)42-19(12-56-36)31(52)41-18(8-6-7-9-35)30(51)38-14(2)32(53)54)37-29(50)15(3)57-27-23(40-17(5)46)33(55)58-21(11-44)26(27)60-34-22(39-16(4)45)25(48)24(47)20(10-43)59-34/h13-15,18-27,33-34,43-44,47-48,55H,6-12,35-36H2,1-5H3,(H,37,50)(H,38,51)(H,39,45)(H,40,46)(H,41,52)(H,42,49)(H,53,54)/t13-,14+,15+,18-,19-,20+,21+,22+,23+,24+,25+,26+,27+,33+,34-/m0/s1. The van der Waals surface area contributed by atoms with E-state index >= 15 is 0 Å². The number of nitrogens with two attached hydrogens (primary N) is 2. The number of ether oxygens (including phenoxy) is 4. The molecule has 26 heteroatoms. The van der Waals surface area contributed by atoms with Crippen LogP contribution in [0.2, 0.25) is 0 Å². The van der Waals surface area contributed by atoms with Crippen molar-refractivity contribution >= 4 is 41.4 Å². The molecule has 0 unspecified atom stereocenters. The normalized spacial score (nSPS) is 29.1. The third-order valence-corrected chi connectivity index (χ3v) is 9.45. The molecule has 0 aromatic rings. The van der Waals surface area contributed by atoms with Crippen LogP contribution in [-0.2, 0) is 57.3 Å². The minimum absolute atomic E-state index is 0.0608. The maximum Gasteiger partial charge on any atom is 0.325 e. The molecule has 344 valence electrons. The van der Waals surface area contributed by atoms with Gasteiger partial charge in [0.25, 0.3) is 0 Å². The Balaban J connectivity index is 2.29. The van der Waals surface area contributed by atoms with Gasteiger partial charge < -0.3 is 92.1 Å². The highest BCUT2D eigenvalue weighted by atomic mass is 16.7. The SMILES string of the molecule is CC(=O)N[C@@H]1[C@@H](O[C@H](C)C(=O)N[C@@H](C)C(=O)N[C@@H](CON)C(=O)N[C@@H](CCCCN)C(=O)N[C@H](C)C(=O)O)[C@H](O[C@@H]2O[C@H](CO)[C@@H](O)[C@H](O)[C@H]2NC(C)=O)[C@@H](CO)O[C@H]1O. The average Bonchev–Trinajstić information content (AvgIpc) is 3.18. The van der Waals surface area contributed by atoms with E-state index in [1.54, 1.807) is 0 Å². The summed E-state index contributed by atoms with van der Waals surface area (Å²) in [7, 11) is 0. The number of hydrogen-bond donors (Lipinski definition) is 14. The van der Waals surface area contributed by atoms with E-state index in [0.717, 1.165) is 13.8 Å². The third kappa shape index (κ3) is 15.1. The Morgan fingerprint density at radius 3 is 1.82 bits per heavy atom. The second-order valence-corrected chi connectivity index (χ2v) is 14.3. The van der Waals surface area contributed by atoms with Gasteiger partial charge in [-0.3, -0.25) is 33.6 Å². The van der Waals surface area contributed by atoms with E-state index in [4.69, 9.17) is 30.6 Å². The second kappa shape index (κ2) is 24.9. The Kier molecular flexibility index (Phi) is 21.6. The first-order valence-corrected chi connectivity index (χ1v) is 19.1. The largest absolute Gasteiger partial charge is 0.480 e. The van der Waals surface area contributed by atoms with Gasteiger partial charge in [0.1, 0.15) is 79.0 Å². The van der Waals surface area contributed by atoms with Crippen molar-refractivity contribution in [1.29, 1.82) is 0 Å². The van der Waals surface area contributed by atoms with Crippen LogP contribution in [0.3, 0.4) is 0 Å². The number of carboxylic acids is 1. The van der Waals surface area contributed by atoms with Crippen molar-refractivity contribution in [3.8, 4) is 0 Å². The molecule has 0 aliphatic carbocycles. The zero-order valence-corrected chi connectivity index (χ0v) is 33.8. The Labute approximate surface area is 344 Å². The highest BCUT2D eigenvalue weighted by molar-refractivity contribution is 5.95. The fourth-order valence-corrected chi connectivity index (χ4v) is 6.20. The molecule has 6 amide bonds. The fourth-order valence-electron chi connectivity index (χ4n) is 6.20. The monoisotopic (exact) mass is 868 g/mol. The molecule has 0 bridgehead atoms. The van der Waals surface area contributed by atoms with Gasteiger partial charge in [-0.15, -0.1) is 0 Å². The summed E-state index contributed by atoms with van der Waals surface area (Å²) in [6.07, 6.45) is -13.7. The summed E-state index contributed by atoms with van der Waals surface area (Å²) in [4.78, 5) is 93.0. The van der Waals surface area contributed by atoms with E-state index in [0.29, 0.717) is 12.8 Å². The number of amides is 6. The Hall–Kier alpha value is -4.19. The molecule has 0 aromatic heterocycles. The zero-order valence-electron chi connectivity index (χ0n) is 33.8. The number of aliphatic hydroxyl groups is 5. The smallest absolute Gasteiger partial charge is 0.325 e. The maximum atomic E-state index is 13.5. The Bertz CT molecular complexity index is 1460. The molecular weight excluding hydrogens is 808 g/mol. The first-order chi connectivity index (χ1) is 28.2. The highest BCUT2D eigenvalue weighted by Crippen LogP contribution is 2.31. The molecule has 16 N–H and O–H groups in total. The molecule has 2 aliphatic rings. The van der Waals surface area contributed by atoms with Gasteiger partial charge in [0.2, 0.25) is 35.4 Å². The Morgan fingerprint density at radius 2 is 1.27 bits per heavy atom. The van der Waals surface area contributed by atoms with Gasteiger partial charge in [-0.25, -0.2) is 5.90 Å². The van der Waals surface area contributed by atoms with Crippen molar-refractivity contribution in [3.63, 3.8) is 0 Å². The van der Waals surface area contributed by atoms with Crippen molar-refractivity contribution in [1.82, 2.24) is 31.9 Å². The van der Waals surface area contributed by atoms with Crippen LogP contribution in [0, 0.1) is 0 Å². The predicted molar refractivity (Wildman–Crippen MR) is 200 cm³/mol. The molecule has 0 radical (unpaired) electrons. The number of aliphatic hydroxyl groups excluding tert-OH is 5. The number of carboxylic acid groups (broad SMARTS) is 1. The van der Waals surface area contributed by atoms with Gasteiger partial charge in [0.05, 0.1) is 19.8 Å². The second-order valence-electron chi connectivity index (χ2n) is 14.3. The van der Waals surface area contributed by atoms with Crippen molar-refractivity contribution in [3.05, 3.63) is 0 Å². The van der Waals surface area contributed by atoms with E-state index in [1.165, 1.54) is 20.8 Å². The zero-order chi connectivity index (χ0) is 45.4. The Morgan fingerprint density at radius 1 is 0.700 bits per heavy atom. The van der Waals surface area contributed by atoms with Crippen LogP contribution in [0.25, 0.3) is 0 Å². The summed E-state index contributed by atoms with van der Waals surface area (Å²) in [6, 6.07) is -8.46. The molecule has 2 heterocycles. The molecule has 0 saturated carbocycles. The van der Waals surface area contributed by atoms with Gasteiger partial charge in [0.15, 0.2) is 12.6 Å². The topological polar surface area (TPSA) is 411 Å². The van der Waals surface area contributed by atoms with Crippen LogP contribution in [0.15, 0.2) is 0 Å². The average molecular weight is 869 g/mol. The molecule has 15 atom stereocenters. The van der Waals surface area contributed by atoms with Crippen molar-refractivity contribution in [2.45, 2.75) is 145 Å². The number of rotatable bonds is 23. The summed E-state index contributed by atoms with van der Waals surface area (Å²) in [6.45, 7) is 3.88. The summed E-state index contributed by atoms with van der Waals surface area (Å²) in [5.74, 6) is -1.20. The summed E-state index contributed by atoms with van der Waals surface area (Å²) in [5, 5.41) is 75.5. The van der Waals surface area contributed by atoms with E-state index in [1.807, 2.05) is 0 Å². The van der Waals surface area contributed by atoms with Crippen LogP contribution in [0.1, 0.15) is 53.9 Å². The van der Waals surface area contributed by atoms with E-state index < -0.39 is 153 Å². The van der Waals surface area contributed by atoms with Crippen LogP contribution in [-0.4, -0.2) is 190 Å². The lowest BCUT2D eigenvalue weighted by Gasteiger charge is -2.48. The van der Waals surface area contributed by atoms with Gasteiger partial charge in [-0.2, -0.15) is 0 Å². The van der Waals surface area contributed by atoms with Crippen molar-refractivity contribution in [2.24, 2.45) is 11.6 Å². The molecule has 2 rings (SSSR count). The van der Waals surface area contributed by atoms with Crippen LogP contribution < -0.4 is 43.5 Å². The lowest BCUT2D eigenvalue weighted by Crippen LogP contribution is -2.70. The molecule has 2 saturated heterocycles. The number of aliphatic carboxylic acids is 1. The molecule has 2 fully saturated rings. The number of hydrogen-bond acceptors (Lipinski definition) is 19. The first kappa shape index (κ1) is 51.9. The maximum absolute atomic E-state index is 13.5. The van der Waals surface area contributed by atoms with Crippen LogP contribution in [0.4, 0.5) is 0 Å². The first-order valence-electron chi connectivity index (χ1n) is 19.1. The van der Waals surface area contributed by atoms with Crippen LogP contribution >= 0.6 is 0 Å². The number of unbranched alkanes of at least 4 members (excludes halogenated alkanes) is 1. The molecule has 2 aliphatic heterocycles. The van der Waals surface area contributed by atoms with Gasteiger partial charge in [-0.1, -0.05) is 0 Å². The third-order valence-electron chi connectivity index (χ3n) is 9.45. The summed E-state index contributed by atoms with van der Waals surface area (Å²) >= 11 is 0.